The number of amides is 1. The minimum absolute atomic E-state index is 0.0485. The Morgan fingerprint density at radius 2 is 1.84 bits per heavy atom. The standard InChI is InChI=1S/C23H23FN4O3/c24-18-5-7-19(8-6-18)27-9-11-28(12-10-27)23(29)17(13-25)14-26-15-20-16-30-21-3-1-2-4-22(21)31-20/h1-8,14,20,26H,9-12,15-16H2/b17-14-. The smallest absolute Gasteiger partial charge is 0.266 e. The minimum atomic E-state index is -0.306. The molecule has 0 bridgehead atoms. The van der Waals surface area contributed by atoms with Crippen molar-refractivity contribution < 1.29 is 18.7 Å². The number of carbonyl (C=O) groups is 1. The lowest BCUT2D eigenvalue weighted by molar-refractivity contribution is -0.127. The van der Waals surface area contributed by atoms with Gasteiger partial charge in [-0.25, -0.2) is 4.39 Å². The van der Waals surface area contributed by atoms with Crippen molar-refractivity contribution in [1.82, 2.24) is 10.2 Å². The van der Waals surface area contributed by atoms with Crippen LogP contribution in [0.2, 0.25) is 0 Å². The van der Waals surface area contributed by atoms with E-state index in [-0.39, 0.29) is 23.4 Å². The fourth-order valence-corrected chi connectivity index (χ4v) is 3.59. The third-order valence-electron chi connectivity index (χ3n) is 5.27. The number of carbonyl (C=O) groups excluding carboxylic acids is 1. The molecule has 0 radical (unpaired) electrons. The summed E-state index contributed by atoms with van der Waals surface area (Å²) in [6.07, 6.45) is 1.22. The Hall–Kier alpha value is -3.73. The van der Waals surface area contributed by atoms with Crippen LogP contribution in [-0.2, 0) is 4.79 Å². The maximum atomic E-state index is 13.1. The number of ether oxygens (including phenoxy) is 2. The quantitative estimate of drug-likeness (QED) is 0.589. The van der Waals surface area contributed by atoms with Crippen LogP contribution in [0.3, 0.4) is 0 Å². The maximum absolute atomic E-state index is 13.1. The molecule has 0 aliphatic carbocycles. The molecule has 2 aliphatic heterocycles. The van der Waals surface area contributed by atoms with E-state index in [0.29, 0.717) is 50.8 Å². The Kier molecular flexibility index (Phi) is 6.22. The molecule has 0 aromatic heterocycles. The number of nitrogens with zero attached hydrogens (tertiary/aromatic N) is 3. The average Bonchev–Trinajstić information content (AvgIpc) is 2.82. The summed E-state index contributed by atoms with van der Waals surface area (Å²) in [6, 6.07) is 15.7. The van der Waals surface area contributed by atoms with Crippen LogP contribution in [0.1, 0.15) is 0 Å². The lowest BCUT2D eigenvalue weighted by atomic mass is 10.2. The summed E-state index contributed by atoms with van der Waals surface area (Å²) >= 11 is 0. The highest BCUT2D eigenvalue weighted by atomic mass is 19.1. The Morgan fingerprint density at radius 3 is 2.55 bits per heavy atom. The van der Waals surface area contributed by atoms with Crippen LogP contribution < -0.4 is 19.7 Å². The minimum Gasteiger partial charge on any atom is -0.486 e. The number of nitrogens with one attached hydrogen (secondary N) is 1. The van der Waals surface area contributed by atoms with Crippen molar-refractivity contribution in [2.24, 2.45) is 0 Å². The zero-order chi connectivity index (χ0) is 21.6. The van der Waals surface area contributed by atoms with Crippen LogP contribution in [0.25, 0.3) is 0 Å². The second-order valence-corrected chi connectivity index (χ2v) is 7.33. The van der Waals surface area contributed by atoms with Crippen LogP contribution in [0.4, 0.5) is 10.1 Å². The molecule has 2 aromatic rings. The Balaban J connectivity index is 1.28. The lowest BCUT2D eigenvalue weighted by Gasteiger charge is -2.36. The van der Waals surface area contributed by atoms with Gasteiger partial charge in [-0.2, -0.15) is 5.26 Å². The van der Waals surface area contributed by atoms with Crippen molar-refractivity contribution in [3.8, 4) is 17.6 Å². The lowest BCUT2D eigenvalue weighted by Crippen LogP contribution is -2.49. The van der Waals surface area contributed by atoms with E-state index in [4.69, 9.17) is 9.47 Å². The monoisotopic (exact) mass is 422 g/mol. The molecule has 2 aromatic carbocycles. The van der Waals surface area contributed by atoms with Crippen molar-refractivity contribution in [2.75, 3.05) is 44.2 Å². The number of hydrogen-bond acceptors (Lipinski definition) is 6. The normalized spacial score (nSPS) is 18.3. The van der Waals surface area contributed by atoms with Crippen molar-refractivity contribution in [1.29, 1.82) is 5.26 Å². The zero-order valence-electron chi connectivity index (χ0n) is 17.0. The van der Waals surface area contributed by atoms with Crippen molar-refractivity contribution in [3.05, 3.63) is 66.1 Å². The zero-order valence-corrected chi connectivity index (χ0v) is 17.0. The molecule has 0 spiro atoms. The topological polar surface area (TPSA) is 77.8 Å². The van der Waals surface area contributed by atoms with E-state index in [1.165, 1.54) is 18.3 Å². The molecule has 1 saturated heterocycles. The van der Waals surface area contributed by atoms with Gasteiger partial charge in [0.15, 0.2) is 11.5 Å². The van der Waals surface area contributed by atoms with Crippen molar-refractivity contribution >= 4 is 11.6 Å². The van der Waals surface area contributed by atoms with Crippen LogP contribution in [0.5, 0.6) is 11.5 Å². The van der Waals surface area contributed by atoms with E-state index < -0.39 is 0 Å². The molecular weight excluding hydrogens is 399 g/mol. The summed E-state index contributed by atoms with van der Waals surface area (Å²) in [5, 5.41) is 12.5. The molecule has 1 amide bonds. The molecule has 160 valence electrons. The van der Waals surface area contributed by atoms with Gasteiger partial charge in [0.2, 0.25) is 0 Å². The first-order valence-electron chi connectivity index (χ1n) is 10.2. The summed E-state index contributed by atoms with van der Waals surface area (Å²) < 4.78 is 24.6. The number of benzene rings is 2. The van der Waals surface area contributed by atoms with Crippen LogP contribution >= 0.6 is 0 Å². The molecule has 7 nitrogen and oxygen atoms in total. The van der Waals surface area contributed by atoms with E-state index in [2.05, 4.69) is 10.2 Å². The van der Waals surface area contributed by atoms with Gasteiger partial charge in [0.25, 0.3) is 5.91 Å². The maximum Gasteiger partial charge on any atom is 0.266 e. The average molecular weight is 422 g/mol. The fourth-order valence-electron chi connectivity index (χ4n) is 3.59. The predicted octanol–water partition coefficient (Wildman–Crippen LogP) is 2.31. The second-order valence-electron chi connectivity index (χ2n) is 7.33. The molecule has 1 fully saturated rings. The van der Waals surface area contributed by atoms with Gasteiger partial charge in [0.05, 0.1) is 6.54 Å². The SMILES string of the molecule is N#C/C(=C/NCC1COc2ccccc2O1)C(=O)N1CCN(c2ccc(F)cc2)CC1. The van der Waals surface area contributed by atoms with Gasteiger partial charge in [-0.15, -0.1) is 0 Å². The molecular formula is C23H23FN4O3. The van der Waals surface area contributed by atoms with Crippen LogP contribution in [-0.4, -0.2) is 56.2 Å². The molecule has 4 rings (SSSR count). The molecule has 1 unspecified atom stereocenters. The highest BCUT2D eigenvalue weighted by molar-refractivity contribution is 5.97. The first-order valence-corrected chi connectivity index (χ1v) is 10.2. The van der Waals surface area contributed by atoms with Gasteiger partial charge in [0.1, 0.15) is 30.2 Å². The third-order valence-corrected chi connectivity index (χ3v) is 5.27. The molecule has 2 aliphatic rings. The highest BCUT2D eigenvalue weighted by Gasteiger charge is 2.24. The number of fused-ring (bicyclic) bond motifs is 1. The Morgan fingerprint density at radius 1 is 1.13 bits per heavy atom. The summed E-state index contributed by atoms with van der Waals surface area (Å²) in [5.74, 6) is 0.810. The molecule has 1 atom stereocenters. The second kappa shape index (κ2) is 9.39. The van der Waals surface area contributed by atoms with E-state index in [9.17, 15) is 14.4 Å². The van der Waals surface area contributed by atoms with Crippen LogP contribution in [0, 0.1) is 17.1 Å². The van der Waals surface area contributed by atoms with Gasteiger partial charge < -0.3 is 24.6 Å². The van der Waals surface area contributed by atoms with Crippen molar-refractivity contribution in [3.63, 3.8) is 0 Å². The van der Waals surface area contributed by atoms with E-state index >= 15 is 0 Å². The van der Waals surface area contributed by atoms with Gasteiger partial charge in [-0.1, -0.05) is 12.1 Å². The first kappa shape index (κ1) is 20.5. The number of halogens is 1. The fraction of sp³-hybridized carbons (Fsp3) is 0.304. The third kappa shape index (κ3) is 4.89. The predicted molar refractivity (Wildman–Crippen MR) is 113 cm³/mol. The summed E-state index contributed by atoms with van der Waals surface area (Å²) in [7, 11) is 0. The summed E-state index contributed by atoms with van der Waals surface area (Å²) in [5.41, 5.74) is 0.967. The van der Waals surface area contributed by atoms with Gasteiger partial charge in [0, 0.05) is 38.1 Å². The number of para-hydroxylation sites is 2. The van der Waals surface area contributed by atoms with E-state index in [1.807, 2.05) is 30.3 Å². The van der Waals surface area contributed by atoms with Gasteiger partial charge in [-0.05, 0) is 36.4 Å². The number of anilines is 1. The Bertz CT molecular complexity index is 995. The number of hydrogen-bond donors (Lipinski definition) is 1. The van der Waals surface area contributed by atoms with Gasteiger partial charge >= 0.3 is 0 Å². The largest absolute Gasteiger partial charge is 0.486 e. The number of rotatable bonds is 5. The van der Waals surface area contributed by atoms with E-state index in [1.54, 1.807) is 17.0 Å². The van der Waals surface area contributed by atoms with Gasteiger partial charge in [-0.3, -0.25) is 4.79 Å². The molecule has 0 saturated carbocycles. The van der Waals surface area contributed by atoms with Crippen LogP contribution in [0.15, 0.2) is 60.3 Å². The highest BCUT2D eigenvalue weighted by Crippen LogP contribution is 2.30. The van der Waals surface area contributed by atoms with Crippen molar-refractivity contribution in [2.45, 2.75) is 6.10 Å². The summed E-state index contributed by atoms with van der Waals surface area (Å²) in [4.78, 5) is 16.5. The molecule has 1 N–H and O–H groups in total. The molecule has 31 heavy (non-hydrogen) atoms. The number of nitriles is 1. The Labute approximate surface area is 180 Å². The molecule has 8 heteroatoms. The summed E-state index contributed by atoms with van der Waals surface area (Å²) in [6.45, 7) is 3.02. The van der Waals surface area contributed by atoms with E-state index in [0.717, 1.165) is 5.69 Å². The molecule has 2 heterocycles. The number of piperazine rings is 1. The first-order chi connectivity index (χ1) is 15.1.